The standard InChI is InChI=1S/C12H19F3N4/c1-3-4-9-10(16)11(18(2)17-9)19(8-5-6-8)7-12(13,14)15/h8H,3-7,16H2,1-2H3. The molecule has 108 valence electrons. The summed E-state index contributed by atoms with van der Waals surface area (Å²) in [5.41, 5.74) is 7.06. The molecule has 0 unspecified atom stereocenters. The zero-order valence-corrected chi connectivity index (χ0v) is 11.2. The molecule has 0 aromatic carbocycles. The maximum atomic E-state index is 12.7. The van der Waals surface area contributed by atoms with Crippen LogP contribution in [0.5, 0.6) is 0 Å². The highest BCUT2D eigenvalue weighted by molar-refractivity contribution is 5.67. The molecule has 1 heterocycles. The molecular weight excluding hydrogens is 257 g/mol. The molecule has 0 spiro atoms. The van der Waals surface area contributed by atoms with Gasteiger partial charge in [-0.1, -0.05) is 13.3 Å². The Balaban J connectivity index is 2.31. The van der Waals surface area contributed by atoms with Gasteiger partial charge in [-0.25, -0.2) is 0 Å². The maximum absolute atomic E-state index is 12.7. The van der Waals surface area contributed by atoms with Gasteiger partial charge >= 0.3 is 6.18 Å². The van der Waals surface area contributed by atoms with Gasteiger partial charge in [-0.15, -0.1) is 0 Å². The van der Waals surface area contributed by atoms with Crippen LogP contribution in [-0.2, 0) is 13.5 Å². The number of nitrogens with zero attached hydrogens (tertiary/aromatic N) is 3. The van der Waals surface area contributed by atoms with E-state index < -0.39 is 12.7 Å². The zero-order valence-electron chi connectivity index (χ0n) is 11.2. The average Bonchev–Trinajstić information content (AvgIpc) is 3.05. The molecule has 1 aliphatic carbocycles. The molecule has 2 rings (SSSR count). The fraction of sp³-hybridized carbons (Fsp3) is 0.750. The van der Waals surface area contributed by atoms with Crippen LogP contribution in [0.15, 0.2) is 0 Å². The van der Waals surface area contributed by atoms with Crippen LogP contribution in [-0.4, -0.2) is 28.5 Å². The van der Waals surface area contributed by atoms with Crippen LogP contribution in [0.3, 0.4) is 0 Å². The van der Waals surface area contributed by atoms with Gasteiger partial charge in [-0.2, -0.15) is 18.3 Å². The molecular formula is C12H19F3N4. The van der Waals surface area contributed by atoms with Gasteiger partial charge in [0.2, 0.25) is 0 Å². The van der Waals surface area contributed by atoms with Crippen molar-refractivity contribution in [3.8, 4) is 0 Å². The number of anilines is 2. The van der Waals surface area contributed by atoms with Gasteiger partial charge in [0.25, 0.3) is 0 Å². The summed E-state index contributed by atoms with van der Waals surface area (Å²) < 4.78 is 39.5. The number of halogens is 3. The summed E-state index contributed by atoms with van der Waals surface area (Å²) in [6.45, 7) is 1.02. The molecule has 0 radical (unpaired) electrons. The molecule has 1 aliphatic rings. The van der Waals surface area contributed by atoms with E-state index in [0.29, 0.717) is 23.6 Å². The molecule has 2 N–H and O–H groups in total. The van der Waals surface area contributed by atoms with Crippen molar-refractivity contribution >= 4 is 11.5 Å². The largest absolute Gasteiger partial charge is 0.405 e. The van der Waals surface area contributed by atoms with Crippen LogP contribution in [0.2, 0.25) is 0 Å². The lowest BCUT2D eigenvalue weighted by molar-refractivity contribution is -0.120. The van der Waals surface area contributed by atoms with Crippen molar-refractivity contribution in [2.24, 2.45) is 7.05 Å². The highest BCUT2D eigenvalue weighted by atomic mass is 19.4. The van der Waals surface area contributed by atoms with E-state index in [4.69, 9.17) is 5.73 Å². The summed E-state index contributed by atoms with van der Waals surface area (Å²) in [6, 6.07) is -0.0613. The normalized spacial score (nSPS) is 15.8. The van der Waals surface area contributed by atoms with E-state index in [1.54, 1.807) is 7.05 Å². The Morgan fingerprint density at radius 1 is 1.42 bits per heavy atom. The van der Waals surface area contributed by atoms with E-state index in [1.807, 2.05) is 6.92 Å². The molecule has 0 bridgehead atoms. The number of aromatic nitrogens is 2. The van der Waals surface area contributed by atoms with E-state index in [-0.39, 0.29) is 6.04 Å². The van der Waals surface area contributed by atoms with Crippen molar-refractivity contribution in [2.45, 2.75) is 44.8 Å². The van der Waals surface area contributed by atoms with Crippen molar-refractivity contribution < 1.29 is 13.2 Å². The van der Waals surface area contributed by atoms with Crippen LogP contribution in [0, 0.1) is 0 Å². The number of nitrogens with two attached hydrogens (primary N) is 1. The molecule has 1 aromatic rings. The number of rotatable bonds is 5. The summed E-state index contributed by atoms with van der Waals surface area (Å²) in [4.78, 5) is 1.35. The van der Waals surface area contributed by atoms with Gasteiger partial charge in [0.1, 0.15) is 6.54 Å². The van der Waals surface area contributed by atoms with Gasteiger partial charge < -0.3 is 10.6 Å². The van der Waals surface area contributed by atoms with Crippen LogP contribution >= 0.6 is 0 Å². The summed E-state index contributed by atoms with van der Waals surface area (Å²) in [7, 11) is 1.65. The van der Waals surface area contributed by atoms with Gasteiger partial charge in [0.05, 0.1) is 11.4 Å². The second-order valence-corrected chi connectivity index (χ2v) is 5.03. The summed E-state index contributed by atoms with van der Waals surface area (Å²) in [6.07, 6.45) is -1.12. The van der Waals surface area contributed by atoms with Gasteiger partial charge in [-0.3, -0.25) is 4.68 Å². The lowest BCUT2D eigenvalue weighted by atomic mass is 10.2. The Bertz CT molecular complexity index is 449. The summed E-state index contributed by atoms with van der Waals surface area (Å²) >= 11 is 0. The predicted molar refractivity (Wildman–Crippen MR) is 68.0 cm³/mol. The Morgan fingerprint density at radius 3 is 2.53 bits per heavy atom. The first-order chi connectivity index (χ1) is 8.83. The first-order valence-corrected chi connectivity index (χ1v) is 6.48. The number of nitrogen functional groups attached to an aromatic ring is 1. The van der Waals surface area contributed by atoms with Crippen molar-refractivity contribution in [3.05, 3.63) is 5.69 Å². The third kappa shape index (κ3) is 3.13. The molecule has 0 aliphatic heterocycles. The summed E-state index contributed by atoms with van der Waals surface area (Å²) in [5, 5.41) is 4.24. The third-order valence-electron chi connectivity index (χ3n) is 3.23. The molecule has 1 saturated carbocycles. The summed E-state index contributed by atoms with van der Waals surface area (Å²) in [5.74, 6) is 0.406. The van der Waals surface area contributed by atoms with Gasteiger partial charge in [0.15, 0.2) is 5.82 Å². The number of alkyl halides is 3. The quantitative estimate of drug-likeness (QED) is 0.898. The fourth-order valence-corrected chi connectivity index (χ4v) is 2.30. The van der Waals surface area contributed by atoms with E-state index in [1.165, 1.54) is 9.58 Å². The van der Waals surface area contributed by atoms with Crippen LogP contribution in [0.4, 0.5) is 24.7 Å². The van der Waals surface area contributed by atoms with E-state index in [0.717, 1.165) is 19.3 Å². The molecule has 1 fully saturated rings. The van der Waals surface area contributed by atoms with E-state index in [9.17, 15) is 13.2 Å². The van der Waals surface area contributed by atoms with Crippen LogP contribution in [0.25, 0.3) is 0 Å². The maximum Gasteiger partial charge on any atom is 0.405 e. The number of hydrogen-bond acceptors (Lipinski definition) is 3. The van der Waals surface area contributed by atoms with Crippen LogP contribution in [0.1, 0.15) is 31.9 Å². The van der Waals surface area contributed by atoms with Crippen molar-refractivity contribution in [3.63, 3.8) is 0 Å². The second kappa shape index (κ2) is 4.94. The lowest BCUT2D eigenvalue weighted by Gasteiger charge is -2.26. The SMILES string of the molecule is CCCc1nn(C)c(N(CC(F)(F)F)C2CC2)c1N. The van der Waals surface area contributed by atoms with Crippen molar-refractivity contribution in [1.29, 1.82) is 0 Å². The Kier molecular flexibility index (Phi) is 3.64. The average molecular weight is 276 g/mol. The predicted octanol–water partition coefficient (Wildman–Crippen LogP) is 2.49. The van der Waals surface area contributed by atoms with E-state index in [2.05, 4.69) is 5.10 Å². The Morgan fingerprint density at radius 2 is 2.05 bits per heavy atom. The number of aryl methyl sites for hydroxylation is 2. The monoisotopic (exact) mass is 276 g/mol. The molecule has 0 saturated heterocycles. The minimum atomic E-state index is -4.23. The first-order valence-electron chi connectivity index (χ1n) is 6.48. The second-order valence-electron chi connectivity index (χ2n) is 5.03. The van der Waals surface area contributed by atoms with Crippen molar-refractivity contribution in [2.75, 3.05) is 17.2 Å². The number of hydrogen-bond donors (Lipinski definition) is 1. The minimum Gasteiger partial charge on any atom is -0.394 e. The minimum absolute atomic E-state index is 0.0613. The lowest BCUT2D eigenvalue weighted by Crippen LogP contribution is -2.37. The molecule has 19 heavy (non-hydrogen) atoms. The fourth-order valence-electron chi connectivity index (χ4n) is 2.30. The Labute approximate surface area is 110 Å². The third-order valence-corrected chi connectivity index (χ3v) is 3.23. The van der Waals surface area contributed by atoms with Gasteiger partial charge in [-0.05, 0) is 19.3 Å². The zero-order chi connectivity index (χ0) is 14.2. The molecule has 0 amide bonds. The van der Waals surface area contributed by atoms with Crippen molar-refractivity contribution in [1.82, 2.24) is 9.78 Å². The van der Waals surface area contributed by atoms with E-state index >= 15 is 0 Å². The molecule has 4 nitrogen and oxygen atoms in total. The molecule has 7 heteroatoms. The smallest absolute Gasteiger partial charge is 0.394 e. The topological polar surface area (TPSA) is 47.1 Å². The first kappa shape index (κ1) is 14.0. The Hall–Kier alpha value is -1.40. The highest BCUT2D eigenvalue weighted by Crippen LogP contribution is 2.38. The van der Waals surface area contributed by atoms with Gasteiger partial charge in [0, 0.05) is 13.1 Å². The highest BCUT2D eigenvalue weighted by Gasteiger charge is 2.40. The molecule has 0 atom stereocenters. The van der Waals surface area contributed by atoms with Crippen LogP contribution < -0.4 is 10.6 Å². The molecule has 1 aromatic heterocycles.